The maximum Gasteiger partial charge on any atom is 0.414 e. The van der Waals surface area contributed by atoms with Crippen molar-refractivity contribution in [3.63, 3.8) is 0 Å². The molecule has 4 rings (SSSR count). The minimum absolute atomic E-state index is 0.667. The smallest absolute Gasteiger partial charge is 0.414 e. The maximum atomic E-state index is 9.10. The van der Waals surface area contributed by atoms with E-state index in [1.807, 2.05) is 0 Å². The van der Waals surface area contributed by atoms with Crippen molar-refractivity contribution in [2.24, 2.45) is 0 Å². The summed E-state index contributed by atoms with van der Waals surface area (Å²) in [6, 6.07) is 0. The van der Waals surface area contributed by atoms with Crippen LogP contribution in [-0.4, -0.2) is 46.3 Å². The second-order valence-corrected chi connectivity index (χ2v) is 6.94. The Labute approximate surface area is 131 Å². The summed E-state index contributed by atoms with van der Waals surface area (Å²) in [5.41, 5.74) is 1.33. The molecule has 2 heterocycles. The Morgan fingerprint density at radius 2 is 0.909 bits per heavy atom. The molecule has 6 heteroatoms. The van der Waals surface area contributed by atoms with Crippen LogP contribution in [0.4, 0.5) is 0 Å². The molecule has 4 aliphatic rings. The van der Waals surface area contributed by atoms with Gasteiger partial charge in [0.2, 0.25) is 0 Å². The molecule has 22 heavy (non-hydrogen) atoms. The summed E-state index contributed by atoms with van der Waals surface area (Å²) in [6.45, 7) is 2.56. The largest absolute Gasteiger partial charge is 0.473 e. The van der Waals surface area contributed by atoms with E-state index >= 15 is 0 Å². The average Bonchev–Trinajstić information content (AvgIpc) is 3.08. The van der Waals surface area contributed by atoms with Crippen molar-refractivity contribution in [3.05, 3.63) is 0 Å². The van der Waals surface area contributed by atoms with Crippen molar-refractivity contribution < 1.29 is 19.8 Å². The van der Waals surface area contributed by atoms with Gasteiger partial charge in [-0.15, -0.1) is 0 Å². The van der Waals surface area contributed by atoms with Gasteiger partial charge in [0.05, 0.1) is 0 Å². The quantitative estimate of drug-likeness (QED) is 0.509. The lowest BCUT2D eigenvalue weighted by Crippen LogP contribution is -2.54. The van der Waals surface area contributed by atoms with Crippen LogP contribution in [0, 0.1) is 0 Å². The molecule has 4 N–H and O–H groups in total. The molecule has 0 bridgehead atoms. The fourth-order valence-electron chi connectivity index (χ4n) is 3.91. The molecule has 0 atom stereocenters. The first-order valence-corrected chi connectivity index (χ1v) is 8.43. The number of rotatable bonds is 0. The van der Waals surface area contributed by atoms with Gasteiger partial charge in [0.25, 0.3) is 0 Å². The van der Waals surface area contributed by atoms with Crippen molar-refractivity contribution in [1.29, 1.82) is 0 Å². The van der Waals surface area contributed by atoms with Crippen LogP contribution in [0.1, 0.15) is 64.2 Å². The highest BCUT2D eigenvalue weighted by Crippen LogP contribution is 2.37. The first kappa shape index (κ1) is 17.2. The van der Waals surface area contributed by atoms with Gasteiger partial charge in [0.15, 0.2) is 0 Å². The number of carboxylic acids is 2. The Morgan fingerprint density at radius 3 is 1.00 bits per heavy atom. The van der Waals surface area contributed by atoms with Crippen LogP contribution in [0.2, 0.25) is 0 Å². The van der Waals surface area contributed by atoms with Crippen LogP contribution in [-0.2, 0) is 9.59 Å². The molecule has 0 amide bonds. The van der Waals surface area contributed by atoms with Crippen LogP contribution in [0.5, 0.6) is 0 Å². The van der Waals surface area contributed by atoms with Gasteiger partial charge in [-0.1, -0.05) is 25.7 Å². The minimum atomic E-state index is -1.82. The molecule has 2 saturated heterocycles. The molecule has 2 saturated carbocycles. The Hall–Kier alpha value is -1.14. The van der Waals surface area contributed by atoms with Gasteiger partial charge >= 0.3 is 11.9 Å². The highest BCUT2D eigenvalue weighted by molar-refractivity contribution is 6.27. The Balaban J connectivity index is 0.000000123. The molecule has 6 nitrogen and oxygen atoms in total. The van der Waals surface area contributed by atoms with Crippen molar-refractivity contribution in [2.75, 3.05) is 13.1 Å². The summed E-state index contributed by atoms with van der Waals surface area (Å²) >= 11 is 0. The summed E-state index contributed by atoms with van der Waals surface area (Å²) in [5.74, 6) is -3.65. The van der Waals surface area contributed by atoms with Gasteiger partial charge < -0.3 is 20.8 Å². The normalized spacial score (nSPS) is 26.0. The van der Waals surface area contributed by atoms with Crippen LogP contribution < -0.4 is 10.6 Å². The van der Waals surface area contributed by atoms with Crippen LogP contribution in [0.15, 0.2) is 0 Å². The predicted octanol–water partition coefficient (Wildman–Crippen LogP) is 1.74. The van der Waals surface area contributed by atoms with Gasteiger partial charge in [-0.25, -0.2) is 9.59 Å². The fourth-order valence-corrected chi connectivity index (χ4v) is 3.91. The molecule has 0 aromatic heterocycles. The summed E-state index contributed by atoms with van der Waals surface area (Å²) in [6.07, 6.45) is 14.6. The lowest BCUT2D eigenvalue weighted by molar-refractivity contribution is -0.159. The molecule has 126 valence electrons. The monoisotopic (exact) mass is 312 g/mol. The van der Waals surface area contributed by atoms with Crippen LogP contribution in [0.3, 0.4) is 0 Å². The van der Waals surface area contributed by atoms with E-state index in [1.165, 1.54) is 77.3 Å². The molecule has 2 spiro atoms. The molecule has 2 aliphatic heterocycles. The molecule has 0 aromatic carbocycles. The predicted molar refractivity (Wildman–Crippen MR) is 82.9 cm³/mol. The van der Waals surface area contributed by atoms with Gasteiger partial charge in [-0.05, 0) is 51.6 Å². The molecule has 2 aliphatic carbocycles. The third kappa shape index (κ3) is 4.43. The molecular formula is C16H28N2O4. The van der Waals surface area contributed by atoms with E-state index in [0.29, 0.717) is 11.1 Å². The summed E-state index contributed by atoms with van der Waals surface area (Å²) in [7, 11) is 0. The molecule has 4 fully saturated rings. The second kappa shape index (κ2) is 7.42. The van der Waals surface area contributed by atoms with Gasteiger partial charge in [0.1, 0.15) is 0 Å². The van der Waals surface area contributed by atoms with Crippen LogP contribution in [0.25, 0.3) is 0 Å². The van der Waals surface area contributed by atoms with Gasteiger partial charge in [-0.3, -0.25) is 0 Å². The molecule has 0 aromatic rings. The number of aliphatic carboxylic acids is 2. The van der Waals surface area contributed by atoms with Crippen molar-refractivity contribution >= 4 is 11.9 Å². The lowest BCUT2D eigenvalue weighted by atomic mass is 9.86. The van der Waals surface area contributed by atoms with E-state index in [1.54, 1.807) is 0 Å². The van der Waals surface area contributed by atoms with E-state index in [4.69, 9.17) is 19.8 Å². The van der Waals surface area contributed by atoms with Gasteiger partial charge in [0, 0.05) is 11.1 Å². The SMILES string of the molecule is C1CCC2(C1)CCN2.C1CCC2(C1)CCN2.O=C(O)C(=O)O. The lowest BCUT2D eigenvalue weighted by Gasteiger charge is -2.39. The highest BCUT2D eigenvalue weighted by atomic mass is 16.4. The van der Waals surface area contributed by atoms with Crippen molar-refractivity contribution in [1.82, 2.24) is 10.6 Å². The fraction of sp³-hybridized carbons (Fsp3) is 0.875. The Morgan fingerprint density at radius 1 is 0.636 bits per heavy atom. The van der Waals surface area contributed by atoms with E-state index in [0.717, 1.165) is 0 Å². The summed E-state index contributed by atoms with van der Waals surface area (Å²) < 4.78 is 0. The molecular weight excluding hydrogens is 284 g/mol. The van der Waals surface area contributed by atoms with Crippen molar-refractivity contribution in [3.8, 4) is 0 Å². The van der Waals surface area contributed by atoms with E-state index in [9.17, 15) is 0 Å². The Bertz CT molecular complexity index is 349. The second-order valence-electron chi connectivity index (χ2n) is 6.94. The number of hydrogen-bond donors (Lipinski definition) is 4. The highest BCUT2D eigenvalue weighted by Gasteiger charge is 2.39. The van der Waals surface area contributed by atoms with Crippen molar-refractivity contribution in [2.45, 2.75) is 75.3 Å². The summed E-state index contributed by atoms with van der Waals surface area (Å²) in [5, 5.41) is 21.8. The number of nitrogens with one attached hydrogen (secondary N) is 2. The summed E-state index contributed by atoms with van der Waals surface area (Å²) in [4.78, 5) is 18.2. The third-order valence-electron chi connectivity index (χ3n) is 5.51. The van der Waals surface area contributed by atoms with E-state index in [2.05, 4.69) is 10.6 Å². The number of carboxylic acid groups (broad SMARTS) is 2. The zero-order valence-corrected chi connectivity index (χ0v) is 13.2. The minimum Gasteiger partial charge on any atom is -0.473 e. The first-order valence-electron chi connectivity index (χ1n) is 8.43. The third-order valence-corrected chi connectivity index (χ3v) is 5.51. The standard InChI is InChI=1S/2C7H13N.C2H2O4/c2*1-2-4-7(3-1)5-6-8-7;3-1(4)2(5)6/h2*8H,1-6H2;(H,3,4)(H,5,6). The number of carbonyl (C=O) groups is 2. The molecule has 0 unspecified atom stereocenters. The van der Waals surface area contributed by atoms with Crippen LogP contribution >= 0.6 is 0 Å². The Kier molecular flexibility index (Phi) is 5.81. The topological polar surface area (TPSA) is 98.7 Å². The maximum absolute atomic E-state index is 9.10. The zero-order valence-electron chi connectivity index (χ0n) is 13.2. The first-order chi connectivity index (χ1) is 10.5. The average molecular weight is 312 g/mol. The van der Waals surface area contributed by atoms with E-state index < -0.39 is 11.9 Å². The molecule has 0 radical (unpaired) electrons. The van der Waals surface area contributed by atoms with E-state index in [-0.39, 0.29) is 0 Å². The number of hydrogen-bond acceptors (Lipinski definition) is 4. The zero-order chi connectivity index (χ0) is 16.1. The van der Waals surface area contributed by atoms with Gasteiger partial charge in [-0.2, -0.15) is 0 Å².